The van der Waals surface area contributed by atoms with Crippen LogP contribution in [0.25, 0.3) is 16.8 Å². The third-order valence-electron chi connectivity index (χ3n) is 3.28. The zero-order chi connectivity index (χ0) is 18.2. The van der Waals surface area contributed by atoms with Gasteiger partial charge in [-0.05, 0) is 12.3 Å². The number of rotatable bonds is 4. The molecule has 0 N–H and O–H groups in total. The predicted molar refractivity (Wildman–Crippen MR) is 82.9 cm³/mol. The Morgan fingerprint density at radius 2 is 2.08 bits per heavy atom. The molecule has 0 bridgehead atoms. The normalized spacial score (nSPS) is 11.9. The fourth-order valence-electron chi connectivity index (χ4n) is 2.26. The summed E-state index contributed by atoms with van der Waals surface area (Å²) in [4.78, 5) is 8.09. The molecule has 0 fully saturated rings. The Balaban J connectivity index is 1.96. The van der Waals surface area contributed by atoms with Gasteiger partial charge >= 0.3 is 6.18 Å². The molecule has 3 heterocycles. The molecule has 3 aromatic rings. The van der Waals surface area contributed by atoms with Crippen molar-refractivity contribution in [2.75, 3.05) is 12.9 Å². The molecular formula is C15H13F4N4OS+. The van der Waals surface area contributed by atoms with Crippen LogP contribution in [0.3, 0.4) is 0 Å². The Hall–Kier alpha value is -2.36. The van der Waals surface area contributed by atoms with Crippen LogP contribution in [0.15, 0.2) is 36.0 Å². The molecule has 0 aliphatic carbocycles. The molecule has 0 saturated carbocycles. The second-order valence-corrected chi connectivity index (χ2v) is 6.02. The van der Waals surface area contributed by atoms with E-state index < -0.39 is 24.5 Å². The highest BCUT2D eigenvalue weighted by molar-refractivity contribution is 7.98. The third kappa shape index (κ3) is 3.84. The first kappa shape index (κ1) is 17.5. The Kier molecular flexibility index (Phi) is 4.55. The Morgan fingerprint density at radius 1 is 1.32 bits per heavy atom. The van der Waals surface area contributed by atoms with Crippen LogP contribution in [0.4, 0.5) is 17.6 Å². The fraction of sp³-hybridized carbons (Fsp3) is 0.267. The van der Waals surface area contributed by atoms with Crippen LogP contribution in [0.1, 0.15) is 0 Å². The predicted octanol–water partition coefficient (Wildman–Crippen LogP) is 3.02. The van der Waals surface area contributed by atoms with E-state index in [4.69, 9.17) is 0 Å². The highest BCUT2D eigenvalue weighted by Gasteiger charge is 2.29. The maximum atomic E-state index is 14.0. The van der Waals surface area contributed by atoms with Gasteiger partial charge in [-0.1, -0.05) is 11.8 Å². The molecular weight excluding hydrogens is 360 g/mol. The minimum Gasteiger partial charge on any atom is -0.466 e. The van der Waals surface area contributed by atoms with E-state index in [0.29, 0.717) is 16.4 Å². The molecule has 0 unspecified atom stereocenters. The standard InChI is InChI=1S/C15H13F4N4OS/c1-22-6-10-4-12(21-14(25-2)23(10)8-22)9-3-11(16)13(20-5-9)24-7-15(17,18)19/h3-6,8H,7H2,1-2H3/q+1. The largest absolute Gasteiger partial charge is 0.466 e. The second kappa shape index (κ2) is 6.51. The first-order valence-corrected chi connectivity index (χ1v) is 8.27. The number of thioether (sulfide) groups is 1. The Bertz CT molecular complexity index is 926. The molecule has 0 saturated heterocycles. The topological polar surface area (TPSA) is 43.3 Å². The van der Waals surface area contributed by atoms with Gasteiger partial charge in [0.15, 0.2) is 17.9 Å². The van der Waals surface area contributed by atoms with E-state index in [1.807, 2.05) is 34.8 Å². The van der Waals surface area contributed by atoms with Crippen molar-refractivity contribution >= 4 is 17.3 Å². The van der Waals surface area contributed by atoms with Crippen LogP contribution in [0, 0.1) is 5.82 Å². The van der Waals surface area contributed by atoms with E-state index >= 15 is 0 Å². The van der Waals surface area contributed by atoms with Crippen LogP contribution < -0.4 is 9.30 Å². The summed E-state index contributed by atoms with van der Waals surface area (Å²) in [5, 5.41) is 0.686. The van der Waals surface area contributed by atoms with Gasteiger partial charge in [0.25, 0.3) is 17.4 Å². The van der Waals surface area contributed by atoms with Gasteiger partial charge in [-0.15, -0.1) is 0 Å². The first-order chi connectivity index (χ1) is 11.8. The van der Waals surface area contributed by atoms with Crippen molar-refractivity contribution in [1.29, 1.82) is 0 Å². The number of aryl methyl sites for hydroxylation is 1. The minimum absolute atomic E-state index is 0.346. The summed E-state index contributed by atoms with van der Waals surface area (Å²) in [7, 11) is 1.87. The van der Waals surface area contributed by atoms with Crippen molar-refractivity contribution in [1.82, 2.24) is 14.4 Å². The van der Waals surface area contributed by atoms with Crippen LogP contribution in [0.5, 0.6) is 5.88 Å². The molecule has 5 nitrogen and oxygen atoms in total. The number of ether oxygens (including phenoxy) is 1. The summed E-state index contributed by atoms with van der Waals surface area (Å²) in [6.45, 7) is -1.60. The average molecular weight is 373 g/mol. The van der Waals surface area contributed by atoms with Crippen molar-refractivity contribution in [3.63, 3.8) is 0 Å². The van der Waals surface area contributed by atoms with E-state index in [9.17, 15) is 17.6 Å². The van der Waals surface area contributed by atoms with Crippen LogP contribution in [-0.4, -0.2) is 33.4 Å². The number of fused-ring (bicyclic) bond motifs is 1. The van der Waals surface area contributed by atoms with Crippen molar-refractivity contribution in [2.45, 2.75) is 11.3 Å². The number of pyridine rings is 1. The SMILES string of the molecule is CSc1nc(-c2cnc(OCC(F)(F)F)c(F)c2)cc2c[n+](C)cn12. The molecule has 0 atom stereocenters. The molecule has 10 heteroatoms. The molecule has 0 aliphatic heterocycles. The maximum absolute atomic E-state index is 14.0. The lowest BCUT2D eigenvalue weighted by molar-refractivity contribution is -0.670. The molecule has 0 radical (unpaired) electrons. The number of hydrogen-bond acceptors (Lipinski definition) is 4. The average Bonchev–Trinajstić information content (AvgIpc) is 2.92. The van der Waals surface area contributed by atoms with Crippen LogP contribution >= 0.6 is 11.8 Å². The number of imidazole rings is 1. The van der Waals surface area contributed by atoms with Gasteiger partial charge in [-0.25, -0.2) is 18.9 Å². The second-order valence-electron chi connectivity index (χ2n) is 5.25. The molecule has 0 aliphatic rings. The minimum atomic E-state index is -4.56. The summed E-state index contributed by atoms with van der Waals surface area (Å²) in [6, 6.07) is 2.80. The van der Waals surface area contributed by atoms with Crippen LogP contribution in [0.2, 0.25) is 0 Å². The Morgan fingerprint density at radius 3 is 2.72 bits per heavy atom. The fourth-order valence-corrected chi connectivity index (χ4v) is 2.80. The van der Waals surface area contributed by atoms with Crippen molar-refractivity contribution in [3.05, 3.63) is 36.7 Å². The van der Waals surface area contributed by atoms with Crippen molar-refractivity contribution < 1.29 is 26.9 Å². The summed E-state index contributed by atoms with van der Waals surface area (Å²) in [6.07, 6.45) is 2.26. The van der Waals surface area contributed by atoms with E-state index in [2.05, 4.69) is 14.7 Å². The summed E-state index contributed by atoms with van der Waals surface area (Å²) < 4.78 is 58.6. The van der Waals surface area contributed by atoms with E-state index in [1.54, 1.807) is 6.07 Å². The summed E-state index contributed by atoms with van der Waals surface area (Å²) >= 11 is 1.41. The van der Waals surface area contributed by atoms with Gasteiger partial charge in [0.2, 0.25) is 0 Å². The first-order valence-electron chi connectivity index (χ1n) is 7.04. The maximum Gasteiger partial charge on any atom is 0.422 e. The van der Waals surface area contributed by atoms with E-state index in [-0.39, 0.29) is 0 Å². The number of alkyl halides is 3. The molecule has 25 heavy (non-hydrogen) atoms. The van der Waals surface area contributed by atoms with Gasteiger partial charge in [0.05, 0.1) is 12.7 Å². The quantitative estimate of drug-likeness (QED) is 0.305. The summed E-state index contributed by atoms with van der Waals surface area (Å²) in [5.74, 6) is -1.67. The number of aromatic nitrogens is 4. The van der Waals surface area contributed by atoms with Gasteiger partial charge in [0.1, 0.15) is 6.20 Å². The van der Waals surface area contributed by atoms with Crippen LogP contribution in [-0.2, 0) is 7.05 Å². The number of hydrogen-bond donors (Lipinski definition) is 0. The molecule has 0 aromatic carbocycles. The lowest BCUT2D eigenvalue weighted by atomic mass is 10.2. The molecule has 3 aromatic heterocycles. The highest BCUT2D eigenvalue weighted by atomic mass is 32.2. The van der Waals surface area contributed by atoms with Crippen molar-refractivity contribution in [2.24, 2.45) is 7.05 Å². The van der Waals surface area contributed by atoms with Gasteiger partial charge < -0.3 is 4.74 Å². The van der Waals surface area contributed by atoms with Gasteiger partial charge in [-0.3, -0.25) is 0 Å². The highest BCUT2D eigenvalue weighted by Crippen LogP contribution is 2.26. The lowest BCUT2D eigenvalue weighted by Gasteiger charge is -2.09. The molecule has 0 amide bonds. The molecule has 0 spiro atoms. The smallest absolute Gasteiger partial charge is 0.422 e. The molecule has 3 rings (SSSR count). The number of nitrogens with zero attached hydrogens (tertiary/aromatic N) is 4. The monoisotopic (exact) mass is 373 g/mol. The van der Waals surface area contributed by atoms with Gasteiger partial charge in [-0.2, -0.15) is 17.6 Å². The Labute approximate surface area is 144 Å². The van der Waals surface area contributed by atoms with E-state index in [1.165, 1.54) is 18.0 Å². The third-order valence-corrected chi connectivity index (χ3v) is 3.93. The van der Waals surface area contributed by atoms with Crippen molar-refractivity contribution in [3.8, 4) is 17.1 Å². The molecule has 132 valence electrons. The zero-order valence-electron chi connectivity index (χ0n) is 13.2. The van der Waals surface area contributed by atoms with Gasteiger partial charge in [0, 0.05) is 17.8 Å². The van der Waals surface area contributed by atoms with E-state index in [0.717, 1.165) is 11.6 Å². The lowest BCUT2D eigenvalue weighted by Crippen LogP contribution is -2.23. The number of halogens is 4. The zero-order valence-corrected chi connectivity index (χ0v) is 14.0. The summed E-state index contributed by atoms with van der Waals surface area (Å²) in [5.41, 5.74) is 1.65.